The van der Waals surface area contributed by atoms with Crippen LogP contribution >= 0.6 is 0 Å². The van der Waals surface area contributed by atoms with E-state index in [4.69, 9.17) is 4.74 Å². The average Bonchev–Trinajstić information content (AvgIpc) is 2.68. The number of hydrogen-bond acceptors (Lipinski definition) is 7. The third-order valence-electron chi connectivity index (χ3n) is 4.20. The van der Waals surface area contributed by atoms with Crippen LogP contribution in [0.25, 0.3) is 0 Å². The van der Waals surface area contributed by atoms with Crippen LogP contribution in [0.3, 0.4) is 0 Å². The van der Waals surface area contributed by atoms with E-state index in [9.17, 15) is 10.1 Å². The maximum Gasteiger partial charge on any atom is 0.353 e. The van der Waals surface area contributed by atoms with E-state index >= 15 is 0 Å². The number of benzene rings is 2. The lowest BCUT2D eigenvalue weighted by atomic mass is 10.0. The summed E-state index contributed by atoms with van der Waals surface area (Å²) in [5.41, 5.74) is 2.20. The van der Waals surface area contributed by atoms with Crippen LogP contribution in [-0.2, 0) is 0 Å². The Morgan fingerprint density at radius 3 is 2.25 bits per heavy atom. The molecule has 0 unspecified atom stereocenters. The molecule has 2 aromatic carbocycles. The highest BCUT2D eigenvalue weighted by atomic mass is 16.6. The zero-order chi connectivity index (χ0) is 20.1. The number of ether oxygens (including phenoxy) is 1. The molecule has 0 saturated heterocycles. The van der Waals surface area contributed by atoms with Crippen molar-refractivity contribution >= 4 is 28.7 Å². The number of nitrogens with zero attached hydrogens (tertiary/aromatic N) is 3. The first-order valence-corrected chi connectivity index (χ1v) is 8.76. The summed E-state index contributed by atoms with van der Waals surface area (Å²) in [7, 11) is 1.53. The van der Waals surface area contributed by atoms with Crippen molar-refractivity contribution in [3.05, 3.63) is 70.5 Å². The second-order valence-electron chi connectivity index (χ2n) is 6.40. The third kappa shape index (κ3) is 4.17. The van der Waals surface area contributed by atoms with Crippen LogP contribution in [-0.4, -0.2) is 22.0 Å². The highest BCUT2D eigenvalue weighted by Gasteiger charge is 2.24. The van der Waals surface area contributed by atoms with Gasteiger partial charge in [0.05, 0.1) is 17.7 Å². The van der Waals surface area contributed by atoms with Gasteiger partial charge in [-0.3, -0.25) is 10.1 Å². The molecule has 0 saturated carbocycles. The predicted octanol–water partition coefficient (Wildman–Crippen LogP) is 5.00. The minimum Gasteiger partial charge on any atom is -0.495 e. The molecule has 0 aliphatic rings. The van der Waals surface area contributed by atoms with E-state index in [0.29, 0.717) is 23.0 Å². The largest absolute Gasteiger partial charge is 0.495 e. The van der Waals surface area contributed by atoms with E-state index < -0.39 is 4.92 Å². The van der Waals surface area contributed by atoms with Gasteiger partial charge in [0.2, 0.25) is 11.6 Å². The Balaban J connectivity index is 1.94. The molecule has 0 aliphatic heterocycles. The maximum atomic E-state index is 11.7. The number of hydrogen-bond donors (Lipinski definition) is 2. The maximum absolute atomic E-state index is 11.7. The van der Waals surface area contributed by atoms with Gasteiger partial charge in [0, 0.05) is 5.69 Å². The van der Waals surface area contributed by atoms with Gasteiger partial charge in [0.1, 0.15) is 12.1 Å². The van der Waals surface area contributed by atoms with Crippen LogP contribution < -0.4 is 15.4 Å². The predicted molar refractivity (Wildman–Crippen MR) is 109 cm³/mol. The first-order chi connectivity index (χ1) is 13.5. The SMILES string of the molecule is COc1ccccc1Nc1ncnc(Nc2ccc(C(C)C)cc2)c1[N+](=O)[O-]. The quantitative estimate of drug-likeness (QED) is 0.440. The monoisotopic (exact) mass is 379 g/mol. The Kier molecular flexibility index (Phi) is 5.69. The molecule has 3 aromatic rings. The van der Waals surface area contributed by atoms with Gasteiger partial charge >= 0.3 is 5.69 Å². The zero-order valence-corrected chi connectivity index (χ0v) is 15.8. The van der Waals surface area contributed by atoms with Crippen LogP contribution in [0.2, 0.25) is 0 Å². The van der Waals surface area contributed by atoms with Crippen molar-refractivity contribution in [1.82, 2.24) is 9.97 Å². The number of nitro groups is 1. The molecule has 0 radical (unpaired) electrons. The Labute approximate surface area is 162 Å². The first-order valence-electron chi connectivity index (χ1n) is 8.76. The van der Waals surface area contributed by atoms with Crippen molar-refractivity contribution in [2.75, 3.05) is 17.7 Å². The lowest BCUT2D eigenvalue weighted by molar-refractivity contribution is -0.383. The lowest BCUT2D eigenvalue weighted by Crippen LogP contribution is -2.06. The van der Waals surface area contributed by atoms with Crippen molar-refractivity contribution < 1.29 is 9.66 Å². The minimum absolute atomic E-state index is 0.0748. The van der Waals surface area contributed by atoms with Crippen molar-refractivity contribution in [2.24, 2.45) is 0 Å². The summed E-state index contributed by atoms with van der Waals surface area (Å²) >= 11 is 0. The van der Waals surface area contributed by atoms with Crippen molar-refractivity contribution in [1.29, 1.82) is 0 Å². The molecule has 0 spiro atoms. The fourth-order valence-electron chi connectivity index (χ4n) is 2.70. The minimum atomic E-state index is -0.511. The molecule has 1 heterocycles. The van der Waals surface area contributed by atoms with E-state index in [1.807, 2.05) is 30.3 Å². The average molecular weight is 379 g/mol. The molecule has 144 valence electrons. The number of rotatable bonds is 7. The molecule has 8 nitrogen and oxygen atoms in total. The van der Waals surface area contributed by atoms with Gasteiger partial charge in [-0.15, -0.1) is 0 Å². The summed E-state index contributed by atoms with van der Waals surface area (Å²) in [6.45, 7) is 4.21. The topological polar surface area (TPSA) is 102 Å². The van der Waals surface area contributed by atoms with Crippen LogP contribution in [0.1, 0.15) is 25.3 Å². The van der Waals surface area contributed by atoms with E-state index in [-0.39, 0.29) is 17.3 Å². The molecule has 3 rings (SSSR count). The van der Waals surface area contributed by atoms with Gasteiger partial charge < -0.3 is 15.4 Å². The van der Waals surface area contributed by atoms with Crippen LogP contribution in [0, 0.1) is 10.1 Å². The summed E-state index contributed by atoms with van der Waals surface area (Å²) in [4.78, 5) is 19.3. The van der Waals surface area contributed by atoms with Crippen molar-refractivity contribution in [3.8, 4) is 5.75 Å². The second kappa shape index (κ2) is 8.34. The van der Waals surface area contributed by atoms with Gasteiger partial charge in [0.15, 0.2) is 0 Å². The number of nitrogens with one attached hydrogen (secondary N) is 2. The molecule has 28 heavy (non-hydrogen) atoms. The molecule has 2 N–H and O–H groups in total. The molecule has 0 fully saturated rings. The normalized spacial score (nSPS) is 10.6. The van der Waals surface area contributed by atoms with Crippen LogP contribution in [0.15, 0.2) is 54.9 Å². The zero-order valence-electron chi connectivity index (χ0n) is 15.8. The van der Waals surface area contributed by atoms with E-state index in [1.165, 1.54) is 19.0 Å². The fourth-order valence-corrected chi connectivity index (χ4v) is 2.70. The van der Waals surface area contributed by atoms with Gasteiger partial charge in [-0.05, 0) is 35.7 Å². The van der Waals surface area contributed by atoms with Gasteiger partial charge in [-0.2, -0.15) is 0 Å². The van der Waals surface area contributed by atoms with Crippen LogP contribution in [0.5, 0.6) is 5.75 Å². The Morgan fingerprint density at radius 1 is 1.00 bits per heavy atom. The molecule has 0 aliphatic carbocycles. The van der Waals surface area contributed by atoms with Crippen molar-refractivity contribution in [3.63, 3.8) is 0 Å². The highest BCUT2D eigenvalue weighted by molar-refractivity contribution is 5.78. The smallest absolute Gasteiger partial charge is 0.353 e. The molecule has 8 heteroatoms. The Bertz CT molecular complexity index is 974. The highest BCUT2D eigenvalue weighted by Crippen LogP contribution is 2.35. The summed E-state index contributed by atoms with van der Waals surface area (Å²) < 4.78 is 5.28. The number of methoxy groups -OCH3 is 1. The summed E-state index contributed by atoms with van der Waals surface area (Å²) in [5.74, 6) is 1.13. The second-order valence-corrected chi connectivity index (χ2v) is 6.40. The van der Waals surface area contributed by atoms with Crippen LogP contribution in [0.4, 0.5) is 28.7 Å². The van der Waals surface area contributed by atoms with E-state index in [0.717, 1.165) is 0 Å². The first kappa shape index (κ1) is 19.1. The summed E-state index contributed by atoms with van der Waals surface area (Å²) in [5, 5.41) is 17.7. The number of aromatic nitrogens is 2. The molecule has 0 atom stereocenters. The standard InChI is InChI=1S/C20H21N5O3/c1-13(2)14-8-10-15(11-9-14)23-19-18(25(26)27)20(22-12-21-19)24-16-6-4-5-7-17(16)28-3/h4-13H,1-3H3,(H2,21,22,23,24). The van der Waals surface area contributed by atoms with Gasteiger partial charge in [-0.25, -0.2) is 9.97 Å². The van der Waals surface area contributed by atoms with Gasteiger partial charge in [-0.1, -0.05) is 38.1 Å². The lowest BCUT2D eigenvalue weighted by Gasteiger charge is -2.12. The molecule has 0 bridgehead atoms. The molecule has 0 amide bonds. The molecule has 1 aromatic heterocycles. The Hall–Kier alpha value is -3.68. The van der Waals surface area contributed by atoms with E-state index in [1.54, 1.807) is 18.2 Å². The molecular weight excluding hydrogens is 358 g/mol. The Morgan fingerprint density at radius 2 is 1.64 bits per heavy atom. The third-order valence-corrected chi connectivity index (χ3v) is 4.20. The summed E-state index contributed by atoms with van der Waals surface area (Å²) in [6.07, 6.45) is 1.27. The summed E-state index contributed by atoms with van der Waals surface area (Å²) in [6, 6.07) is 14.8. The number of para-hydroxylation sites is 2. The molecular formula is C20H21N5O3. The van der Waals surface area contributed by atoms with Gasteiger partial charge in [0.25, 0.3) is 0 Å². The van der Waals surface area contributed by atoms with Crippen molar-refractivity contribution in [2.45, 2.75) is 19.8 Å². The van der Waals surface area contributed by atoms with E-state index in [2.05, 4.69) is 34.4 Å². The fraction of sp³-hybridized carbons (Fsp3) is 0.200. The number of anilines is 4.